The van der Waals surface area contributed by atoms with Crippen LogP contribution in [0.1, 0.15) is 0 Å². The quantitative estimate of drug-likeness (QED) is 0.345. The number of aromatic nitrogens is 2. The van der Waals surface area contributed by atoms with Gasteiger partial charge in [0.2, 0.25) is 0 Å². The molecule has 0 aliphatic rings. The van der Waals surface area contributed by atoms with Gasteiger partial charge in [0.05, 0.1) is 10.4 Å². The van der Waals surface area contributed by atoms with Crippen molar-refractivity contribution in [2.75, 3.05) is 5.73 Å². The molecule has 0 atom stereocenters. The molecule has 0 fully saturated rings. The molecule has 2 aromatic carbocycles. The van der Waals surface area contributed by atoms with Crippen molar-refractivity contribution in [1.29, 1.82) is 0 Å². The molecule has 0 unspecified atom stereocenters. The number of fused-ring (bicyclic) bond motifs is 1. The third-order valence-corrected chi connectivity index (χ3v) is 3.92. The largest absolute Gasteiger partial charge is 0.393 e. The second kappa shape index (κ2) is 5.37. The van der Waals surface area contributed by atoms with Crippen LogP contribution in [0.15, 0.2) is 58.7 Å². The van der Waals surface area contributed by atoms with E-state index in [1.54, 1.807) is 12.1 Å². The number of nitro benzene ring substituents is 1. The third-order valence-electron chi connectivity index (χ3n) is 2.92. The van der Waals surface area contributed by atoms with Gasteiger partial charge in [0.1, 0.15) is 17.0 Å². The van der Waals surface area contributed by atoms with Gasteiger partial charge in [0.15, 0.2) is 0 Å². The zero-order valence-electron chi connectivity index (χ0n) is 10.8. The Kier molecular flexibility index (Phi) is 3.41. The lowest BCUT2D eigenvalue weighted by atomic mass is 10.2. The Labute approximate surface area is 124 Å². The fraction of sp³-hybridized carbons (Fsp3) is 0. The van der Waals surface area contributed by atoms with Crippen molar-refractivity contribution in [3.63, 3.8) is 0 Å². The molecule has 104 valence electrons. The lowest BCUT2D eigenvalue weighted by molar-refractivity contribution is -0.383. The number of hydrogen-bond acceptors (Lipinski definition) is 6. The fourth-order valence-electron chi connectivity index (χ4n) is 1.94. The summed E-state index contributed by atoms with van der Waals surface area (Å²) in [6, 6.07) is 12.3. The highest BCUT2D eigenvalue weighted by Crippen LogP contribution is 2.34. The normalized spacial score (nSPS) is 10.7. The average molecular weight is 298 g/mol. The van der Waals surface area contributed by atoms with Gasteiger partial charge in [-0.3, -0.25) is 10.1 Å². The Balaban J connectivity index is 1.99. The Hall–Kier alpha value is -2.67. The minimum absolute atomic E-state index is 0.0908. The minimum Gasteiger partial charge on any atom is -0.393 e. The third kappa shape index (κ3) is 2.63. The summed E-state index contributed by atoms with van der Waals surface area (Å²) in [6.45, 7) is 0. The zero-order chi connectivity index (χ0) is 14.8. The summed E-state index contributed by atoms with van der Waals surface area (Å²) >= 11 is 1.40. The van der Waals surface area contributed by atoms with Crippen molar-refractivity contribution in [3.05, 3.63) is 58.9 Å². The monoisotopic (exact) mass is 298 g/mol. The van der Waals surface area contributed by atoms with E-state index >= 15 is 0 Å². The van der Waals surface area contributed by atoms with E-state index in [-0.39, 0.29) is 11.4 Å². The standard InChI is InChI=1S/C14H10N4O2S/c15-11-7-9(5-6-13(11)18(19)20)21-14-10-3-1-2-4-12(10)16-8-17-14/h1-8H,15H2. The van der Waals surface area contributed by atoms with Gasteiger partial charge in [-0.2, -0.15) is 0 Å². The van der Waals surface area contributed by atoms with Gasteiger partial charge in [-0.25, -0.2) is 9.97 Å². The van der Waals surface area contributed by atoms with Gasteiger partial charge >= 0.3 is 0 Å². The van der Waals surface area contributed by atoms with Crippen LogP contribution in [0.5, 0.6) is 0 Å². The minimum atomic E-state index is -0.496. The van der Waals surface area contributed by atoms with E-state index in [4.69, 9.17) is 5.73 Å². The molecular formula is C14H10N4O2S. The summed E-state index contributed by atoms with van der Waals surface area (Å²) in [6.07, 6.45) is 1.50. The molecule has 3 aromatic rings. The Morgan fingerprint density at radius 1 is 1.14 bits per heavy atom. The predicted octanol–water partition coefficient (Wildman–Crippen LogP) is 3.27. The first-order valence-electron chi connectivity index (χ1n) is 6.06. The average Bonchev–Trinajstić information content (AvgIpc) is 2.47. The molecule has 0 radical (unpaired) electrons. The molecule has 2 N–H and O–H groups in total. The van der Waals surface area contributed by atoms with Crippen LogP contribution < -0.4 is 5.73 Å². The van der Waals surface area contributed by atoms with Crippen LogP contribution in [0, 0.1) is 10.1 Å². The van der Waals surface area contributed by atoms with Crippen molar-refractivity contribution in [2.24, 2.45) is 0 Å². The molecular weight excluding hydrogens is 288 g/mol. The molecule has 21 heavy (non-hydrogen) atoms. The van der Waals surface area contributed by atoms with Gasteiger partial charge in [-0.15, -0.1) is 0 Å². The first-order chi connectivity index (χ1) is 10.1. The van der Waals surface area contributed by atoms with Crippen molar-refractivity contribution < 1.29 is 4.92 Å². The van der Waals surface area contributed by atoms with Gasteiger partial charge in [0.25, 0.3) is 5.69 Å². The number of hydrogen-bond donors (Lipinski definition) is 1. The predicted molar refractivity (Wildman–Crippen MR) is 81.2 cm³/mol. The Morgan fingerprint density at radius 3 is 2.71 bits per heavy atom. The Bertz CT molecular complexity index is 833. The second-order valence-electron chi connectivity index (χ2n) is 4.28. The van der Waals surface area contributed by atoms with E-state index in [1.807, 2.05) is 24.3 Å². The molecule has 0 bridgehead atoms. The fourth-order valence-corrected chi connectivity index (χ4v) is 2.86. The van der Waals surface area contributed by atoms with Gasteiger partial charge in [-0.05, 0) is 18.2 Å². The first kappa shape index (κ1) is 13.3. The van der Waals surface area contributed by atoms with Crippen LogP contribution in [0.2, 0.25) is 0 Å². The van der Waals surface area contributed by atoms with Crippen LogP contribution in [0.4, 0.5) is 11.4 Å². The van der Waals surface area contributed by atoms with Crippen molar-refractivity contribution in [2.45, 2.75) is 9.92 Å². The number of anilines is 1. The van der Waals surface area contributed by atoms with Crippen LogP contribution in [-0.2, 0) is 0 Å². The maximum absolute atomic E-state index is 10.8. The van der Waals surface area contributed by atoms with Crippen LogP contribution in [0.25, 0.3) is 10.9 Å². The SMILES string of the molecule is Nc1cc(Sc2ncnc3ccccc23)ccc1[N+](=O)[O-]. The number of nitrogens with two attached hydrogens (primary N) is 1. The van der Waals surface area contributed by atoms with E-state index < -0.39 is 4.92 Å². The van der Waals surface area contributed by atoms with E-state index in [0.29, 0.717) is 0 Å². The van der Waals surface area contributed by atoms with Crippen LogP contribution >= 0.6 is 11.8 Å². The number of rotatable bonds is 3. The highest BCUT2D eigenvalue weighted by molar-refractivity contribution is 7.99. The summed E-state index contributed by atoms with van der Waals surface area (Å²) < 4.78 is 0. The number of para-hydroxylation sites is 1. The molecule has 3 rings (SSSR count). The number of benzene rings is 2. The molecule has 7 heteroatoms. The van der Waals surface area contributed by atoms with Gasteiger partial charge < -0.3 is 5.73 Å². The number of nitro groups is 1. The molecule has 6 nitrogen and oxygen atoms in total. The maximum atomic E-state index is 10.8. The highest BCUT2D eigenvalue weighted by atomic mass is 32.2. The van der Waals surface area contributed by atoms with E-state index in [1.165, 1.54) is 24.2 Å². The van der Waals surface area contributed by atoms with E-state index in [9.17, 15) is 10.1 Å². The second-order valence-corrected chi connectivity index (χ2v) is 5.34. The molecule has 0 aliphatic heterocycles. The zero-order valence-corrected chi connectivity index (χ0v) is 11.6. The molecule has 0 spiro atoms. The molecule has 0 saturated carbocycles. The highest BCUT2D eigenvalue weighted by Gasteiger charge is 2.12. The van der Waals surface area contributed by atoms with E-state index in [0.717, 1.165) is 20.8 Å². The van der Waals surface area contributed by atoms with Crippen molar-refractivity contribution >= 4 is 34.0 Å². The lowest BCUT2D eigenvalue weighted by Crippen LogP contribution is -1.95. The maximum Gasteiger partial charge on any atom is 0.292 e. The summed E-state index contributed by atoms with van der Waals surface area (Å²) in [4.78, 5) is 19.5. The van der Waals surface area contributed by atoms with Crippen molar-refractivity contribution in [1.82, 2.24) is 9.97 Å². The van der Waals surface area contributed by atoms with Crippen LogP contribution in [0.3, 0.4) is 0 Å². The van der Waals surface area contributed by atoms with Gasteiger partial charge in [0, 0.05) is 16.3 Å². The summed E-state index contributed by atoms with van der Waals surface area (Å²) in [5.74, 6) is 0. The molecule has 1 heterocycles. The van der Waals surface area contributed by atoms with Crippen molar-refractivity contribution in [3.8, 4) is 0 Å². The molecule has 0 aliphatic carbocycles. The lowest BCUT2D eigenvalue weighted by Gasteiger charge is -2.05. The molecule has 0 saturated heterocycles. The topological polar surface area (TPSA) is 94.9 Å². The number of nitrogens with zero attached hydrogens (tertiary/aromatic N) is 3. The summed E-state index contributed by atoms with van der Waals surface area (Å²) in [7, 11) is 0. The van der Waals surface area contributed by atoms with E-state index in [2.05, 4.69) is 9.97 Å². The number of nitrogen functional groups attached to an aromatic ring is 1. The smallest absolute Gasteiger partial charge is 0.292 e. The summed E-state index contributed by atoms with van der Waals surface area (Å²) in [5, 5.41) is 12.5. The van der Waals surface area contributed by atoms with Gasteiger partial charge in [-0.1, -0.05) is 30.0 Å². The molecule has 0 amide bonds. The first-order valence-corrected chi connectivity index (χ1v) is 6.88. The molecule has 1 aromatic heterocycles. The summed E-state index contributed by atoms with van der Waals surface area (Å²) in [5.41, 5.74) is 6.60. The Morgan fingerprint density at radius 2 is 1.95 bits per heavy atom. The van der Waals surface area contributed by atoms with Crippen LogP contribution in [-0.4, -0.2) is 14.9 Å².